The fraction of sp³-hybridized carbons (Fsp3) is 0.227. The maximum atomic E-state index is 12.8. The van der Waals surface area contributed by atoms with Crippen LogP contribution in [0.4, 0.5) is 0 Å². The largest absolute Gasteiger partial charge is 0.497 e. The number of ether oxygens (including phenoxy) is 5. The lowest BCUT2D eigenvalue weighted by atomic mass is 9.99. The van der Waals surface area contributed by atoms with Crippen molar-refractivity contribution in [2.24, 2.45) is 0 Å². The zero-order chi connectivity index (χ0) is 23.9. The number of benzene rings is 2. The number of hydrogen-bond acceptors (Lipinski definition) is 9. The van der Waals surface area contributed by atoms with Crippen LogP contribution in [0, 0.1) is 0 Å². The molecule has 2 heterocycles. The summed E-state index contributed by atoms with van der Waals surface area (Å²) in [5, 5.41) is 11.1. The van der Waals surface area contributed by atoms with E-state index in [9.17, 15) is 19.5 Å². The second-order valence-electron chi connectivity index (χ2n) is 6.92. The lowest BCUT2D eigenvalue weighted by molar-refractivity contribution is 0.0447. The Morgan fingerprint density at radius 2 is 1.64 bits per heavy atom. The van der Waals surface area contributed by atoms with Crippen LogP contribution in [0.1, 0.15) is 27.6 Å². The number of cyclic esters (lactones) is 1. The standard InChI is InChI=1S/C22H20N2O9/c1-29-10-5-7-13(30-2)12(9-10)24-20(26)16(19(25)23-22(24)28)17-11-6-8-14(31-3)18(32-4)15(11)21(27)33-17/h5-9,17,26H,1-4H3,(H,23,25,28)/t17-/m1/s1. The predicted octanol–water partition coefficient (Wildman–Crippen LogP) is 1.53. The van der Waals surface area contributed by atoms with Crippen LogP contribution in [0.5, 0.6) is 28.9 Å². The molecule has 0 fully saturated rings. The lowest BCUT2D eigenvalue weighted by Crippen LogP contribution is -2.33. The smallest absolute Gasteiger partial charge is 0.343 e. The SMILES string of the molecule is COc1ccc(OC)c(-n2c(O)c([C@@H]3OC(=O)c4c3ccc(OC)c4OC)c(=O)[nH]c2=O)c1. The maximum Gasteiger partial charge on any atom is 0.343 e. The zero-order valence-corrected chi connectivity index (χ0v) is 18.1. The molecule has 1 atom stereocenters. The molecule has 0 unspecified atom stereocenters. The monoisotopic (exact) mass is 456 g/mol. The molecule has 1 aliphatic heterocycles. The number of carbonyl (C=O) groups is 1. The van der Waals surface area contributed by atoms with Crippen molar-refractivity contribution in [2.75, 3.05) is 28.4 Å². The van der Waals surface area contributed by atoms with Gasteiger partial charge >= 0.3 is 11.7 Å². The minimum atomic E-state index is -1.31. The summed E-state index contributed by atoms with van der Waals surface area (Å²) < 4.78 is 27.3. The van der Waals surface area contributed by atoms with Gasteiger partial charge in [-0.15, -0.1) is 0 Å². The number of aromatic nitrogens is 2. The number of H-pyrrole nitrogens is 1. The molecular formula is C22H20N2O9. The quantitative estimate of drug-likeness (QED) is 0.529. The van der Waals surface area contributed by atoms with Crippen LogP contribution in [-0.4, -0.2) is 49.1 Å². The summed E-state index contributed by atoms with van der Waals surface area (Å²) in [5.41, 5.74) is -1.77. The van der Waals surface area contributed by atoms with Crippen LogP contribution in [0.3, 0.4) is 0 Å². The minimum absolute atomic E-state index is 0.0531. The third-order valence-electron chi connectivity index (χ3n) is 5.30. The average molecular weight is 456 g/mol. The Kier molecular flexibility index (Phi) is 5.46. The van der Waals surface area contributed by atoms with Crippen molar-refractivity contribution in [3.05, 3.63) is 67.9 Å². The van der Waals surface area contributed by atoms with E-state index in [0.29, 0.717) is 5.75 Å². The molecule has 2 aromatic carbocycles. The molecule has 4 rings (SSSR count). The van der Waals surface area contributed by atoms with E-state index in [1.165, 1.54) is 46.6 Å². The van der Waals surface area contributed by atoms with Crippen molar-refractivity contribution in [1.82, 2.24) is 9.55 Å². The highest BCUT2D eigenvalue weighted by molar-refractivity contribution is 5.98. The summed E-state index contributed by atoms with van der Waals surface area (Å²) in [6, 6.07) is 7.65. The number of carbonyl (C=O) groups excluding carboxylic acids is 1. The number of hydrogen-bond donors (Lipinski definition) is 2. The first-order chi connectivity index (χ1) is 15.9. The summed E-state index contributed by atoms with van der Waals surface area (Å²) in [6.45, 7) is 0. The van der Waals surface area contributed by atoms with Gasteiger partial charge < -0.3 is 28.8 Å². The number of nitrogens with zero attached hydrogens (tertiary/aromatic N) is 1. The Hall–Kier alpha value is -4.41. The Morgan fingerprint density at radius 3 is 2.27 bits per heavy atom. The average Bonchev–Trinajstić information content (AvgIpc) is 3.14. The van der Waals surface area contributed by atoms with E-state index in [2.05, 4.69) is 4.98 Å². The van der Waals surface area contributed by atoms with Crippen molar-refractivity contribution in [2.45, 2.75) is 6.10 Å². The highest BCUT2D eigenvalue weighted by Gasteiger charge is 2.40. The van der Waals surface area contributed by atoms with E-state index in [0.717, 1.165) is 4.57 Å². The third kappa shape index (κ3) is 3.34. The molecule has 11 heteroatoms. The molecule has 0 saturated heterocycles. The van der Waals surface area contributed by atoms with Gasteiger partial charge in [0.2, 0.25) is 5.88 Å². The first-order valence-electron chi connectivity index (χ1n) is 9.62. The number of aromatic hydroxyl groups is 1. The fourth-order valence-electron chi connectivity index (χ4n) is 3.78. The molecule has 0 spiro atoms. The van der Waals surface area contributed by atoms with Gasteiger partial charge in [0.15, 0.2) is 17.6 Å². The first-order valence-corrected chi connectivity index (χ1v) is 9.62. The number of aromatic amines is 1. The molecular weight excluding hydrogens is 436 g/mol. The van der Waals surface area contributed by atoms with E-state index >= 15 is 0 Å². The first kappa shape index (κ1) is 21.8. The molecule has 0 amide bonds. The fourth-order valence-corrected chi connectivity index (χ4v) is 3.78. The van der Waals surface area contributed by atoms with Gasteiger partial charge in [-0.3, -0.25) is 9.78 Å². The van der Waals surface area contributed by atoms with Gasteiger partial charge in [-0.2, -0.15) is 0 Å². The van der Waals surface area contributed by atoms with Gasteiger partial charge in [0.1, 0.15) is 22.6 Å². The summed E-state index contributed by atoms with van der Waals surface area (Å²) in [5.74, 6) is -0.489. The Morgan fingerprint density at radius 1 is 0.939 bits per heavy atom. The van der Waals surface area contributed by atoms with Crippen LogP contribution in [0.25, 0.3) is 5.69 Å². The Balaban J connectivity index is 1.98. The molecule has 3 aromatic rings. The number of nitrogens with one attached hydrogen (secondary N) is 1. The van der Waals surface area contributed by atoms with Crippen LogP contribution in [0.2, 0.25) is 0 Å². The van der Waals surface area contributed by atoms with Crippen LogP contribution >= 0.6 is 0 Å². The summed E-state index contributed by atoms with van der Waals surface area (Å²) in [7, 11) is 5.59. The maximum absolute atomic E-state index is 12.8. The molecule has 0 aliphatic carbocycles. The normalized spacial score (nSPS) is 14.4. The topological polar surface area (TPSA) is 138 Å². The van der Waals surface area contributed by atoms with Crippen molar-refractivity contribution in [1.29, 1.82) is 0 Å². The van der Waals surface area contributed by atoms with Crippen molar-refractivity contribution >= 4 is 5.97 Å². The molecule has 0 radical (unpaired) electrons. The number of methoxy groups -OCH3 is 4. The summed E-state index contributed by atoms with van der Waals surface area (Å²) in [4.78, 5) is 40.3. The Bertz CT molecular complexity index is 1370. The molecule has 1 aliphatic rings. The molecule has 1 aromatic heterocycles. The molecule has 2 N–H and O–H groups in total. The summed E-state index contributed by atoms with van der Waals surface area (Å²) in [6.07, 6.45) is -1.31. The molecule has 0 bridgehead atoms. The number of rotatable bonds is 6. The van der Waals surface area contributed by atoms with E-state index in [4.69, 9.17) is 23.7 Å². The highest BCUT2D eigenvalue weighted by atomic mass is 16.6. The molecule has 11 nitrogen and oxygen atoms in total. The Labute approximate surface area is 186 Å². The van der Waals surface area contributed by atoms with Gasteiger partial charge in [-0.05, 0) is 18.2 Å². The van der Waals surface area contributed by atoms with E-state index in [1.807, 2.05) is 0 Å². The van der Waals surface area contributed by atoms with E-state index in [-0.39, 0.29) is 39.6 Å². The van der Waals surface area contributed by atoms with Gasteiger partial charge in [-0.25, -0.2) is 14.2 Å². The van der Waals surface area contributed by atoms with Gasteiger partial charge in [0.25, 0.3) is 5.56 Å². The van der Waals surface area contributed by atoms with Crippen LogP contribution in [0.15, 0.2) is 39.9 Å². The minimum Gasteiger partial charge on any atom is -0.497 e. The van der Waals surface area contributed by atoms with Gasteiger partial charge in [0, 0.05) is 11.6 Å². The molecule has 0 saturated carbocycles. The third-order valence-corrected chi connectivity index (χ3v) is 5.30. The van der Waals surface area contributed by atoms with E-state index < -0.39 is 29.2 Å². The van der Waals surface area contributed by atoms with Crippen LogP contribution in [-0.2, 0) is 4.74 Å². The van der Waals surface area contributed by atoms with Crippen LogP contribution < -0.4 is 30.2 Å². The van der Waals surface area contributed by atoms with Crippen molar-refractivity contribution in [3.8, 4) is 34.6 Å². The second kappa shape index (κ2) is 8.26. The van der Waals surface area contributed by atoms with Crippen molar-refractivity contribution in [3.63, 3.8) is 0 Å². The molecule has 33 heavy (non-hydrogen) atoms. The van der Waals surface area contributed by atoms with Gasteiger partial charge in [-0.1, -0.05) is 6.07 Å². The number of fused-ring (bicyclic) bond motifs is 1. The highest BCUT2D eigenvalue weighted by Crippen LogP contribution is 2.45. The summed E-state index contributed by atoms with van der Waals surface area (Å²) >= 11 is 0. The zero-order valence-electron chi connectivity index (χ0n) is 18.1. The van der Waals surface area contributed by atoms with Crippen molar-refractivity contribution < 1.29 is 33.6 Å². The van der Waals surface area contributed by atoms with Gasteiger partial charge in [0.05, 0.1) is 34.1 Å². The number of esters is 1. The molecule has 172 valence electrons. The predicted molar refractivity (Wildman–Crippen MR) is 114 cm³/mol. The van der Waals surface area contributed by atoms with E-state index in [1.54, 1.807) is 12.1 Å². The lowest BCUT2D eigenvalue weighted by Gasteiger charge is -2.18. The second-order valence-corrected chi connectivity index (χ2v) is 6.92.